The summed E-state index contributed by atoms with van der Waals surface area (Å²) in [5.41, 5.74) is 1.29. The molecule has 2 heteroatoms. The van der Waals surface area contributed by atoms with Gasteiger partial charge in [0, 0.05) is 12.5 Å². The zero-order chi connectivity index (χ0) is 13.9. The van der Waals surface area contributed by atoms with Crippen LogP contribution in [-0.2, 0) is 0 Å². The molecule has 0 aliphatic rings. The first kappa shape index (κ1) is 15.6. The van der Waals surface area contributed by atoms with Crippen LogP contribution in [0.15, 0.2) is 24.3 Å². The summed E-state index contributed by atoms with van der Waals surface area (Å²) in [7, 11) is 0. The highest BCUT2D eigenvalue weighted by Gasteiger charge is 2.10. The zero-order valence-corrected chi connectivity index (χ0v) is 12.1. The van der Waals surface area contributed by atoms with Crippen LogP contribution in [0.1, 0.15) is 51.1 Å². The monoisotopic (exact) mass is 259 g/mol. The molecule has 0 spiro atoms. The maximum absolute atomic E-state index is 5.57. The van der Waals surface area contributed by atoms with Crippen LogP contribution in [0.4, 0.5) is 0 Å². The lowest BCUT2D eigenvalue weighted by Crippen LogP contribution is -2.22. The molecule has 2 nitrogen and oxygen atoms in total. The number of terminal acetylenes is 1. The van der Waals surface area contributed by atoms with Gasteiger partial charge in [-0.1, -0.05) is 19.1 Å². The van der Waals surface area contributed by atoms with Crippen LogP contribution < -0.4 is 10.1 Å². The third kappa shape index (κ3) is 5.81. The van der Waals surface area contributed by atoms with Crippen molar-refractivity contribution in [3.05, 3.63) is 29.8 Å². The number of hydrogen-bond donors (Lipinski definition) is 1. The van der Waals surface area contributed by atoms with Gasteiger partial charge in [0.25, 0.3) is 0 Å². The number of hydrogen-bond acceptors (Lipinski definition) is 2. The van der Waals surface area contributed by atoms with Crippen molar-refractivity contribution in [2.75, 3.05) is 13.2 Å². The van der Waals surface area contributed by atoms with Gasteiger partial charge in [-0.15, -0.1) is 12.3 Å². The molecule has 0 aromatic heterocycles. The first-order valence-corrected chi connectivity index (χ1v) is 7.21. The molecule has 1 unspecified atom stereocenters. The van der Waals surface area contributed by atoms with Crippen molar-refractivity contribution in [3.8, 4) is 18.1 Å². The molecule has 0 saturated carbocycles. The SMILES string of the molecule is C#CCCCC(NCCC)c1cccc(OCC)c1. The topological polar surface area (TPSA) is 21.3 Å². The summed E-state index contributed by atoms with van der Waals surface area (Å²) in [5.74, 6) is 3.65. The van der Waals surface area contributed by atoms with Gasteiger partial charge in [-0.25, -0.2) is 0 Å². The highest BCUT2D eigenvalue weighted by atomic mass is 16.5. The predicted octanol–water partition coefficient (Wildman–Crippen LogP) is 3.93. The maximum Gasteiger partial charge on any atom is 0.119 e. The quantitative estimate of drug-likeness (QED) is 0.536. The van der Waals surface area contributed by atoms with Gasteiger partial charge in [-0.05, 0) is 50.4 Å². The molecule has 0 aliphatic carbocycles. The minimum absolute atomic E-state index is 0.369. The fourth-order valence-corrected chi connectivity index (χ4v) is 2.10. The third-order valence-electron chi connectivity index (χ3n) is 3.03. The predicted molar refractivity (Wildman–Crippen MR) is 81.3 cm³/mol. The number of benzene rings is 1. The number of rotatable bonds is 9. The Morgan fingerprint density at radius 3 is 2.89 bits per heavy atom. The van der Waals surface area contributed by atoms with Crippen molar-refractivity contribution in [1.29, 1.82) is 0 Å². The molecule has 0 heterocycles. The van der Waals surface area contributed by atoms with E-state index in [0.29, 0.717) is 12.6 Å². The molecule has 0 radical (unpaired) electrons. The summed E-state index contributed by atoms with van der Waals surface area (Å²) < 4.78 is 5.57. The van der Waals surface area contributed by atoms with Crippen LogP contribution in [0, 0.1) is 12.3 Å². The molecule has 0 saturated heterocycles. The van der Waals surface area contributed by atoms with Crippen molar-refractivity contribution < 1.29 is 4.74 Å². The van der Waals surface area contributed by atoms with Gasteiger partial charge in [0.1, 0.15) is 5.75 Å². The number of nitrogens with one attached hydrogen (secondary N) is 1. The molecule has 0 amide bonds. The summed E-state index contributed by atoms with van der Waals surface area (Å²) in [6.07, 6.45) is 9.43. The fourth-order valence-electron chi connectivity index (χ4n) is 2.10. The Morgan fingerprint density at radius 2 is 2.21 bits per heavy atom. The van der Waals surface area contributed by atoms with Gasteiger partial charge in [-0.2, -0.15) is 0 Å². The van der Waals surface area contributed by atoms with Crippen LogP contribution in [0.3, 0.4) is 0 Å². The molecule has 0 fully saturated rings. The van der Waals surface area contributed by atoms with Crippen molar-refractivity contribution >= 4 is 0 Å². The van der Waals surface area contributed by atoms with E-state index in [4.69, 9.17) is 11.2 Å². The van der Waals surface area contributed by atoms with Crippen molar-refractivity contribution in [2.24, 2.45) is 0 Å². The molecule has 1 rings (SSSR count). The van der Waals surface area contributed by atoms with Gasteiger partial charge < -0.3 is 10.1 Å². The van der Waals surface area contributed by atoms with Gasteiger partial charge in [-0.3, -0.25) is 0 Å². The Kier molecular flexibility index (Phi) is 7.77. The van der Waals surface area contributed by atoms with E-state index >= 15 is 0 Å². The van der Waals surface area contributed by atoms with Crippen molar-refractivity contribution in [3.63, 3.8) is 0 Å². The Balaban J connectivity index is 2.71. The van der Waals surface area contributed by atoms with Gasteiger partial charge >= 0.3 is 0 Å². The first-order valence-electron chi connectivity index (χ1n) is 7.21. The Bertz CT molecular complexity index is 394. The second kappa shape index (κ2) is 9.47. The standard InChI is InChI=1S/C17H25NO/c1-4-7-8-12-17(18-13-5-2)15-10-9-11-16(14-15)19-6-3/h1,9-11,14,17-18H,5-8,12-13H2,2-3H3. The van der Waals surface area contributed by atoms with Crippen molar-refractivity contribution in [1.82, 2.24) is 5.32 Å². The van der Waals surface area contributed by atoms with Gasteiger partial charge in [0.15, 0.2) is 0 Å². The molecule has 1 atom stereocenters. The molecule has 0 bridgehead atoms. The summed E-state index contributed by atoms with van der Waals surface area (Å²) in [5, 5.41) is 3.59. The van der Waals surface area contributed by atoms with E-state index in [-0.39, 0.29) is 0 Å². The second-order valence-electron chi connectivity index (χ2n) is 4.61. The van der Waals surface area contributed by atoms with E-state index in [1.165, 1.54) is 5.56 Å². The fraction of sp³-hybridized carbons (Fsp3) is 0.529. The maximum atomic E-state index is 5.57. The Hall–Kier alpha value is -1.46. The van der Waals surface area contributed by atoms with Crippen molar-refractivity contribution in [2.45, 2.75) is 45.6 Å². The van der Waals surface area contributed by atoms with Gasteiger partial charge in [0.2, 0.25) is 0 Å². The van der Waals surface area contributed by atoms with Gasteiger partial charge in [0.05, 0.1) is 6.61 Å². The molecule has 104 valence electrons. The molecule has 1 aromatic rings. The third-order valence-corrected chi connectivity index (χ3v) is 3.03. The molecule has 19 heavy (non-hydrogen) atoms. The Morgan fingerprint density at radius 1 is 1.37 bits per heavy atom. The van der Waals surface area contributed by atoms with Crippen LogP contribution in [-0.4, -0.2) is 13.2 Å². The molecule has 1 N–H and O–H groups in total. The lowest BCUT2D eigenvalue weighted by molar-refractivity contribution is 0.339. The summed E-state index contributed by atoms with van der Waals surface area (Å²) >= 11 is 0. The highest BCUT2D eigenvalue weighted by Crippen LogP contribution is 2.23. The van der Waals surface area contributed by atoms with Crippen LogP contribution >= 0.6 is 0 Å². The summed E-state index contributed by atoms with van der Waals surface area (Å²) in [6.45, 7) is 5.92. The van der Waals surface area contributed by atoms with E-state index < -0.39 is 0 Å². The number of unbranched alkanes of at least 4 members (excludes halogenated alkanes) is 1. The smallest absolute Gasteiger partial charge is 0.119 e. The minimum atomic E-state index is 0.369. The van der Waals surface area contributed by atoms with E-state index in [1.807, 2.05) is 13.0 Å². The lowest BCUT2D eigenvalue weighted by atomic mass is 10.0. The average Bonchev–Trinajstić information content (AvgIpc) is 2.43. The average molecular weight is 259 g/mol. The molecule has 1 aromatic carbocycles. The Labute approximate surface area is 117 Å². The van der Waals surface area contributed by atoms with Crippen LogP contribution in [0.2, 0.25) is 0 Å². The first-order chi connectivity index (χ1) is 9.31. The van der Waals surface area contributed by atoms with E-state index in [9.17, 15) is 0 Å². The summed E-state index contributed by atoms with van der Waals surface area (Å²) in [4.78, 5) is 0. The zero-order valence-electron chi connectivity index (χ0n) is 12.1. The molecule has 0 aliphatic heterocycles. The second-order valence-corrected chi connectivity index (χ2v) is 4.61. The minimum Gasteiger partial charge on any atom is -0.494 e. The van der Waals surface area contributed by atoms with Crippen LogP contribution in [0.5, 0.6) is 5.75 Å². The van der Waals surface area contributed by atoms with E-state index in [2.05, 4.69) is 36.4 Å². The van der Waals surface area contributed by atoms with E-state index in [1.54, 1.807) is 0 Å². The van der Waals surface area contributed by atoms with E-state index in [0.717, 1.165) is 38.0 Å². The number of ether oxygens (including phenoxy) is 1. The normalized spacial score (nSPS) is 11.8. The van der Waals surface area contributed by atoms with Crippen LogP contribution in [0.25, 0.3) is 0 Å². The summed E-state index contributed by atoms with van der Waals surface area (Å²) in [6, 6.07) is 8.72. The molecular weight excluding hydrogens is 234 g/mol. The highest BCUT2D eigenvalue weighted by molar-refractivity contribution is 5.30. The molecular formula is C17H25NO. The lowest BCUT2D eigenvalue weighted by Gasteiger charge is -2.19. The largest absolute Gasteiger partial charge is 0.494 e.